The van der Waals surface area contributed by atoms with Crippen LogP contribution in [-0.2, 0) is 9.53 Å². The number of Topliss-reactive ketones (excluding diaryl/α,β-unsaturated/α-hetero) is 1. The highest BCUT2D eigenvalue weighted by atomic mass is 16.5. The van der Waals surface area contributed by atoms with Gasteiger partial charge in [-0.15, -0.1) is 0 Å². The molecule has 2 heterocycles. The maximum atomic E-state index is 13.0. The number of amides is 1. The van der Waals surface area contributed by atoms with Gasteiger partial charge in [-0.2, -0.15) is 0 Å². The van der Waals surface area contributed by atoms with Gasteiger partial charge >= 0.3 is 0 Å². The standard InChI is InChI=1S/C20H21NO6/c1-25-11-6-10-21-17(13-7-3-4-8-14(13)26-2)16(19(23)20(21)24)18(22)15-9-5-12-27-15/h3-5,7-9,12,17,23H,6,10-11H2,1-2H3. The lowest BCUT2D eigenvalue weighted by atomic mass is 9.94. The van der Waals surface area contributed by atoms with E-state index in [1.807, 2.05) is 0 Å². The van der Waals surface area contributed by atoms with Crippen molar-refractivity contribution in [3.63, 3.8) is 0 Å². The first-order chi connectivity index (χ1) is 13.1. The zero-order valence-electron chi connectivity index (χ0n) is 15.2. The normalized spacial score (nSPS) is 16.9. The molecule has 27 heavy (non-hydrogen) atoms. The minimum atomic E-state index is -0.775. The van der Waals surface area contributed by atoms with Crippen LogP contribution in [0.15, 0.2) is 58.4 Å². The molecule has 1 amide bonds. The van der Waals surface area contributed by atoms with Crippen molar-refractivity contribution in [3.05, 3.63) is 65.3 Å². The number of para-hydroxylation sites is 1. The molecule has 0 fully saturated rings. The smallest absolute Gasteiger partial charge is 0.290 e. The number of ether oxygens (including phenoxy) is 2. The van der Waals surface area contributed by atoms with Gasteiger partial charge < -0.3 is 23.9 Å². The number of nitrogens with zero attached hydrogens (tertiary/aromatic N) is 1. The van der Waals surface area contributed by atoms with Gasteiger partial charge in [0.1, 0.15) is 5.75 Å². The van der Waals surface area contributed by atoms with E-state index in [1.165, 1.54) is 24.3 Å². The van der Waals surface area contributed by atoms with Crippen LogP contribution in [0.4, 0.5) is 0 Å². The van der Waals surface area contributed by atoms with E-state index in [1.54, 1.807) is 37.4 Å². The number of ketones is 1. The van der Waals surface area contributed by atoms with Gasteiger partial charge in [0.15, 0.2) is 11.5 Å². The third-order valence-corrected chi connectivity index (χ3v) is 4.47. The number of carbonyl (C=O) groups excluding carboxylic acids is 2. The average molecular weight is 371 g/mol. The molecule has 0 saturated heterocycles. The summed E-state index contributed by atoms with van der Waals surface area (Å²) in [4.78, 5) is 27.1. The lowest BCUT2D eigenvalue weighted by Gasteiger charge is -2.27. The van der Waals surface area contributed by atoms with E-state index in [2.05, 4.69) is 0 Å². The molecule has 1 atom stereocenters. The van der Waals surface area contributed by atoms with E-state index < -0.39 is 23.5 Å². The van der Waals surface area contributed by atoms with Gasteiger partial charge in [-0.25, -0.2) is 0 Å². The van der Waals surface area contributed by atoms with E-state index in [-0.39, 0.29) is 11.3 Å². The molecule has 1 aromatic heterocycles. The van der Waals surface area contributed by atoms with Gasteiger partial charge in [0.2, 0.25) is 5.78 Å². The van der Waals surface area contributed by atoms with E-state index in [4.69, 9.17) is 13.9 Å². The number of benzene rings is 1. The summed E-state index contributed by atoms with van der Waals surface area (Å²) in [6.07, 6.45) is 1.93. The number of furan rings is 1. The maximum absolute atomic E-state index is 13.0. The maximum Gasteiger partial charge on any atom is 0.290 e. The number of hydrogen-bond acceptors (Lipinski definition) is 6. The number of aliphatic hydroxyl groups excluding tert-OH is 1. The van der Waals surface area contributed by atoms with Crippen LogP contribution in [0.25, 0.3) is 0 Å². The Labute approximate surface area is 156 Å². The van der Waals surface area contributed by atoms with Gasteiger partial charge in [0.05, 0.1) is 25.0 Å². The number of aliphatic hydroxyl groups is 1. The first-order valence-electron chi connectivity index (χ1n) is 8.54. The second-order valence-electron chi connectivity index (χ2n) is 6.06. The number of carbonyl (C=O) groups is 2. The number of methoxy groups -OCH3 is 2. The van der Waals surface area contributed by atoms with Gasteiger partial charge in [-0.05, 0) is 24.6 Å². The predicted molar refractivity (Wildman–Crippen MR) is 96.6 cm³/mol. The Hall–Kier alpha value is -3.06. The summed E-state index contributed by atoms with van der Waals surface area (Å²) in [6, 6.07) is 9.41. The minimum Gasteiger partial charge on any atom is -0.503 e. The molecule has 7 nitrogen and oxygen atoms in total. The molecule has 7 heteroatoms. The highest BCUT2D eigenvalue weighted by Gasteiger charge is 2.45. The van der Waals surface area contributed by atoms with Crippen LogP contribution in [0, 0.1) is 0 Å². The summed E-state index contributed by atoms with van der Waals surface area (Å²) in [5.74, 6) is -1.12. The quantitative estimate of drug-likeness (QED) is 0.567. The molecule has 0 radical (unpaired) electrons. The van der Waals surface area contributed by atoms with Crippen LogP contribution in [0.2, 0.25) is 0 Å². The van der Waals surface area contributed by atoms with E-state index in [0.29, 0.717) is 30.9 Å². The Balaban J connectivity index is 2.08. The monoisotopic (exact) mass is 371 g/mol. The molecule has 0 spiro atoms. The third kappa shape index (κ3) is 3.46. The molecular weight excluding hydrogens is 350 g/mol. The van der Waals surface area contributed by atoms with Gasteiger partial charge in [-0.1, -0.05) is 18.2 Å². The minimum absolute atomic E-state index is 0.0168. The molecule has 0 aliphatic carbocycles. The van der Waals surface area contributed by atoms with Gasteiger partial charge in [0.25, 0.3) is 5.91 Å². The van der Waals surface area contributed by atoms with Crippen molar-refractivity contribution in [2.75, 3.05) is 27.4 Å². The summed E-state index contributed by atoms with van der Waals surface area (Å²) in [7, 11) is 3.09. The highest BCUT2D eigenvalue weighted by Crippen LogP contribution is 2.42. The largest absolute Gasteiger partial charge is 0.503 e. The lowest BCUT2D eigenvalue weighted by molar-refractivity contribution is -0.129. The number of hydrogen-bond donors (Lipinski definition) is 1. The van der Waals surface area contributed by atoms with Gasteiger partial charge in [-0.3, -0.25) is 9.59 Å². The molecule has 0 bridgehead atoms. The van der Waals surface area contributed by atoms with Crippen LogP contribution >= 0.6 is 0 Å². The molecule has 1 unspecified atom stereocenters. The molecule has 3 rings (SSSR count). The molecule has 1 aromatic carbocycles. The van der Waals surface area contributed by atoms with Crippen molar-refractivity contribution < 1.29 is 28.6 Å². The summed E-state index contributed by atoms with van der Waals surface area (Å²) in [5.41, 5.74) is 0.599. The fourth-order valence-corrected chi connectivity index (χ4v) is 3.25. The SMILES string of the molecule is COCCCN1C(=O)C(O)=C(C(=O)c2ccco2)C1c1ccccc1OC. The van der Waals surface area contributed by atoms with Gasteiger partial charge in [0, 0.05) is 25.8 Å². The molecule has 1 aliphatic heterocycles. The summed E-state index contributed by atoms with van der Waals surface area (Å²) >= 11 is 0. The summed E-state index contributed by atoms with van der Waals surface area (Å²) < 4.78 is 15.7. The van der Waals surface area contributed by atoms with E-state index in [0.717, 1.165) is 0 Å². The fraction of sp³-hybridized carbons (Fsp3) is 0.300. The molecule has 1 aliphatic rings. The molecule has 1 N–H and O–H groups in total. The van der Waals surface area contributed by atoms with Crippen molar-refractivity contribution in [2.45, 2.75) is 12.5 Å². The first-order valence-corrected chi connectivity index (χ1v) is 8.54. The zero-order valence-corrected chi connectivity index (χ0v) is 15.2. The summed E-state index contributed by atoms with van der Waals surface area (Å²) in [5, 5.41) is 10.5. The van der Waals surface area contributed by atoms with Crippen molar-refractivity contribution in [1.82, 2.24) is 4.90 Å². The van der Waals surface area contributed by atoms with E-state index in [9.17, 15) is 14.7 Å². The second-order valence-corrected chi connectivity index (χ2v) is 6.06. The van der Waals surface area contributed by atoms with Crippen molar-refractivity contribution >= 4 is 11.7 Å². The number of rotatable bonds is 8. The van der Waals surface area contributed by atoms with Crippen LogP contribution in [-0.4, -0.2) is 49.1 Å². The Kier molecular flexibility index (Phi) is 5.61. The van der Waals surface area contributed by atoms with Crippen LogP contribution < -0.4 is 4.74 Å². The predicted octanol–water partition coefficient (Wildman–Crippen LogP) is 2.90. The van der Waals surface area contributed by atoms with Crippen molar-refractivity contribution in [2.24, 2.45) is 0 Å². The fourth-order valence-electron chi connectivity index (χ4n) is 3.25. The second kappa shape index (κ2) is 8.09. The molecule has 2 aromatic rings. The van der Waals surface area contributed by atoms with Crippen molar-refractivity contribution in [1.29, 1.82) is 0 Å². The van der Waals surface area contributed by atoms with Crippen LogP contribution in [0.3, 0.4) is 0 Å². The Morgan fingerprint density at radius 2 is 2.00 bits per heavy atom. The molecule has 142 valence electrons. The van der Waals surface area contributed by atoms with E-state index >= 15 is 0 Å². The molecular formula is C20H21NO6. The molecule has 0 saturated carbocycles. The highest BCUT2D eigenvalue weighted by molar-refractivity contribution is 6.15. The lowest BCUT2D eigenvalue weighted by Crippen LogP contribution is -2.32. The Bertz CT molecular complexity index is 855. The first kappa shape index (κ1) is 18.7. The Morgan fingerprint density at radius 1 is 1.22 bits per heavy atom. The van der Waals surface area contributed by atoms with Crippen LogP contribution in [0.5, 0.6) is 5.75 Å². The Morgan fingerprint density at radius 3 is 2.67 bits per heavy atom. The zero-order chi connectivity index (χ0) is 19.4. The topological polar surface area (TPSA) is 89.2 Å². The third-order valence-electron chi connectivity index (χ3n) is 4.47. The average Bonchev–Trinajstić information content (AvgIpc) is 3.30. The van der Waals surface area contributed by atoms with Crippen LogP contribution in [0.1, 0.15) is 28.6 Å². The summed E-state index contributed by atoms with van der Waals surface area (Å²) in [6.45, 7) is 0.763. The van der Waals surface area contributed by atoms with Crippen molar-refractivity contribution in [3.8, 4) is 5.75 Å².